The highest BCUT2D eigenvalue weighted by molar-refractivity contribution is 8.12. The number of nitrogens with one attached hydrogen (secondary N) is 3. The minimum atomic E-state index is -0.661. The van der Waals surface area contributed by atoms with Crippen LogP contribution in [0.1, 0.15) is 26.7 Å². The van der Waals surface area contributed by atoms with Gasteiger partial charge >= 0.3 is 17.3 Å². The molecule has 12 heteroatoms. The monoisotopic (exact) mass is 455 g/mol. The molecule has 0 atom stereocenters. The summed E-state index contributed by atoms with van der Waals surface area (Å²) in [6.07, 6.45) is 3.18. The zero-order valence-electron chi connectivity index (χ0n) is 16.8. The average molecular weight is 456 g/mol. The molecule has 1 aliphatic rings. The number of esters is 1. The van der Waals surface area contributed by atoms with Gasteiger partial charge in [-0.15, -0.1) is 0 Å². The Morgan fingerprint density at radius 3 is 2.50 bits per heavy atom. The fraction of sp³-hybridized carbons (Fsp3) is 0.500. The van der Waals surface area contributed by atoms with Crippen molar-refractivity contribution in [2.45, 2.75) is 26.7 Å². The normalized spacial score (nSPS) is 13.9. The van der Waals surface area contributed by atoms with Gasteiger partial charge in [0, 0.05) is 13.1 Å². The van der Waals surface area contributed by atoms with Crippen molar-refractivity contribution in [2.75, 3.05) is 36.5 Å². The third-order valence-corrected chi connectivity index (χ3v) is 4.96. The third-order valence-electron chi connectivity index (χ3n) is 4.19. The standard InChI is InChI=1S/C18H25N5O5S2/c1-3-27-15(24)12-7-9-23(10-8-12)13-5-6-14(19-11-13)20-17(29)21-16(25)22-30-18(26)28-4-2/h5-6,11-12H,3-4,7-10H2,1-2H3,(H3,19,20,21,22,25,29). The predicted octanol–water partition coefficient (Wildman–Crippen LogP) is 2.66. The first-order valence-electron chi connectivity index (χ1n) is 9.52. The van der Waals surface area contributed by atoms with E-state index < -0.39 is 11.3 Å². The Labute approximate surface area is 184 Å². The summed E-state index contributed by atoms with van der Waals surface area (Å²) in [5.74, 6) is 0.288. The number of piperidine rings is 1. The summed E-state index contributed by atoms with van der Waals surface area (Å²) in [7, 11) is 0. The smallest absolute Gasteiger partial charge is 0.388 e. The summed E-state index contributed by atoms with van der Waals surface area (Å²) in [5, 5.41) is 4.59. The molecule has 2 rings (SSSR count). The topological polar surface area (TPSA) is 122 Å². The fourth-order valence-corrected chi connectivity index (χ4v) is 3.39. The van der Waals surface area contributed by atoms with Crippen molar-refractivity contribution in [1.82, 2.24) is 15.0 Å². The lowest BCUT2D eigenvalue weighted by atomic mass is 9.97. The minimum Gasteiger partial charge on any atom is -0.466 e. The summed E-state index contributed by atoms with van der Waals surface area (Å²) in [5.41, 5.74) is 0.935. The molecule has 1 aliphatic heterocycles. The van der Waals surface area contributed by atoms with Crippen LogP contribution in [0.4, 0.5) is 21.1 Å². The minimum absolute atomic E-state index is 0.0347. The van der Waals surface area contributed by atoms with Gasteiger partial charge in [-0.25, -0.2) is 14.6 Å². The van der Waals surface area contributed by atoms with Gasteiger partial charge in [-0.3, -0.25) is 14.8 Å². The van der Waals surface area contributed by atoms with E-state index in [4.69, 9.17) is 17.0 Å². The molecule has 1 fully saturated rings. The summed E-state index contributed by atoms with van der Waals surface area (Å²) < 4.78 is 12.0. The van der Waals surface area contributed by atoms with Crippen LogP contribution in [0.25, 0.3) is 0 Å². The van der Waals surface area contributed by atoms with Crippen molar-refractivity contribution in [3.05, 3.63) is 18.3 Å². The van der Waals surface area contributed by atoms with Gasteiger partial charge in [0.1, 0.15) is 5.82 Å². The predicted molar refractivity (Wildman–Crippen MR) is 118 cm³/mol. The van der Waals surface area contributed by atoms with Crippen LogP contribution < -0.4 is 20.3 Å². The number of amides is 2. The molecule has 30 heavy (non-hydrogen) atoms. The highest BCUT2D eigenvalue weighted by Gasteiger charge is 2.26. The number of aromatic nitrogens is 1. The molecule has 1 saturated heterocycles. The first-order chi connectivity index (χ1) is 14.4. The van der Waals surface area contributed by atoms with E-state index in [2.05, 4.69) is 30.0 Å². The van der Waals surface area contributed by atoms with Crippen LogP contribution >= 0.6 is 24.2 Å². The number of nitrogens with zero attached hydrogens (tertiary/aromatic N) is 2. The van der Waals surface area contributed by atoms with Crippen molar-refractivity contribution in [3.63, 3.8) is 0 Å². The number of anilines is 2. The average Bonchev–Trinajstić information content (AvgIpc) is 2.73. The Morgan fingerprint density at radius 1 is 1.20 bits per heavy atom. The molecule has 164 valence electrons. The Bertz CT molecular complexity index is 754. The molecule has 0 saturated carbocycles. The van der Waals surface area contributed by atoms with Gasteiger partial charge in [0.15, 0.2) is 5.11 Å². The van der Waals surface area contributed by atoms with Crippen molar-refractivity contribution in [3.8, 4) is 0 Å². The van der Waals surface area contributed by atoms with E-state index in [0.717, 1.165) is 31.6 Å². The summed E-state index contributed by atoms with van der Waals surface area (Å²) in [4.78, 5) is 41.2. The quantitative estimate of drug-likeness (QED) is 0.347. The molecule has 0 aliphatic carbocycles. The van der Waals surface area contributed by atoms with Crippen LogP contribution in [0, 0.1) is 5.92 Å². The van der Waals surface area contributed by atoms with Gasteiger partial charge in [-0.05, 0) is 51.0 Å². The van der Waals surface area contributed by atoms with Crippen LogP contribution in [0.3, 0.4) is 0 Å². The van der Waals surface area contributed by atoms with Gasteiger partial charge in [0.25, 0.3) is 0 Å². The van der Waals surface area contributed by atoms with Gasteiger partial charge in [-0.2, -0.15) is 0 Å². The molecule has 3 N–H and O–H groups in total. The summed E-state index contributed by atoms with van der Waals surface area (Å²) >= 11 is 5.58. The molecule has 0 radical (unpaired) electrons. The first kappa shape index (κ1) is 23.7. The molecule has 2 heterocycles. The molecule has 10 nitrogen and oxygen atoms in total. The molecule has 0 spiro atoms. The van der Waals surface area contributed by atoms with Crippen molar-refractivity contribution >= 4 is 58.1 Å². The van der Waals surface area contributed by atoms with Gasteiger partial charge in [-0.1, -0.05) is 0 Å². The van der Waals surface area contributed by atoms with E-state index >= 15 is 0 Å². The van der Waals surface area contributed by atoms with Crippen LogP contribution in [0.5, 0.6) is 0 Å². The lowest BCUT2D eigenvalue weighted by Crippen LogP contribution is -2.39. The van der Waals surface area contributed by atoms with Crippen molar-refractivity contribution in [2.24, 2.45) is 5.92 Å². The largest absolute Gasteiger partial charge is 0.466 e. The Hall–Kier alpha value is -2.60. The molecule has 0 unspecified atom stereocenters. The first-order valence-corrected chi connectivity index (χ1v) is 10.7. The van der Waals surface area contributed by atoms with Crippen LogP contribution in [0.2, 0.25) is 0 Å². The zero-order valence-corrected chi connectivity index (χ0v) is 18.4. The van der Waals surface area contributed by atoms with E-state index in [1.54, 1.807) is 19.2 Å². The number of urea groups is 1. The molecule has 0 bridgehead atoms. The van der Waals surface area contributed by atoms with Crippen LogP contribution in [0.15, 0.2) is 18.3 Å². The second kappa shape index (κ2) is 12.2. The maximum absolute atomic E-state index is 11.8. The van der Waals surface area contributed by atoms with Crippen LogP contribution in [-0.4, -0.2) is 53.7 Å². The van der Waals surface area contributed by atoms with E-state index in [1.807, 2.05) is 13.0 Å². The number of thiocarbonyl (C=S) groups is 1. The number of hydrogen-bond acceptors (Lipinski definition) is 9. The lowest BCUT2D eigenvalue weighted by Gasteiger charge is -2.32. The fourth-order valence-electron chi connectivity index (χ4n) is 2.79. The SMILES string of the molecule is CCOC(=O)SNC(=O)NC(=S)Nc1ccc(N2CCC(C(=O)OCC)CC2)cn1. The molecule has 1 aromatic heterocycles. The Balaban J connectivity index is 1.76. The number of carbonyl (C=O) groups is 3. The summed E-state index contributed by atoms with van der Waals surface area (Å²) in [6.45, 7) is 5.60. The number of carbonyl (C=O) groups excluding carboxylic acids is 3. The Morgan fingerprint density at radius 2 is 1.90 bits per heavy atom. The second-order valence-corrected chi connectivity index (χ2v) is 7.36. The van der Waals surface area contributed by atoms with Gasteiger partial charge in [0.05, 0.1) is 43.0 Å². The highest BCUT2D eigenvalue weighted by atomic mass is 32.2. The maximum Gasteiger partial charge on any atom is 0.388 e. The highest BCUT2D eigenvalue weighted by Crippen LogP contribution is 2.24. The van der Waals surface area contributed by atoms with Crippen molar-refractivity contribution in [1.29, 1.82) is 0 Å². The van der Waals surface area contributed by atoms with Gasteiger partial charge < -0.3 is 19.7 Å². The molecule has 1 aromatic rings. The van der Waals surface area contributed by atoms with E-state index in [1.165, 1.54) is 0 Å². The summed E-state index contributed by atoms with van der Waals surface area (Å²) in [6, 6.07) is 2.97. The van der Waals surface area contributed by atoms with Gasteiger partial charge in [0.2, 0.25) is 0 Å². The molecule has 2 amide bonds. The van der Waals surface area contributed by atoms with Crippen molar-refractivity contribution < 1.29 is 23.9 Å². The molecule has 0 aromatic carbocycles. The molecular formula is C18H25N5O5S2. The zero-order chi connectivity index (χ0) is 21.9. The lowest BCUT2D eigenvalue weighted by molar-refractivity contribution is -0.148. The number of rotatable bonds is 5. The third kappa shape index (κ3) is 7.67. The Kier molecular flexibility index (Phi) is 9.61. The van der Waals surface area contributed by atoms with Crippen LogP contribution in [-0.2, 0) is 14.3 Å². The van der Waals surface area contributed by atoms with E-state index in [9.17, 15) is 14.4 Å². The number of ether oxygens (including phenoxy) is 2. The number of pyridine rings is 1. The number of hydrogen-bond donors (Lipinski definition) is 3. The van der Waals surface area contributed by atoms with E-state index in [0.29, 0.717) is 24.4 Å². The maximum atomic E-state index is 11.8. The second-order valence-electron chi connectivity index (χ2n) is 6.21. The molecular weight excluding hydrogens is 430 g/mol. The van der Waals surface area contributed by atoms with E-state index in [-0.39, 0.29) is 23.6 Å².